The van der Waals surface area contributed by atoms with Crippen LogP contribution < -0.4 is 10.1 Å². The summed E-state index contributed by atoms with van der Waals surface area (Å²) in [5.74, 6) is 0.809. The third kappa shape index (κ3) is 3.05. The molecule has 3 aromatic heterocycles. The third-order valence-electron chi connectivity index (χ3n) is 3.51. The first-order valence-corrected chi connectivity index (χ1v) is 8.07. The van der Waals surface area contributed by atoms with E-state index in [1.54, 1.807) is 22.7 Å². The number of amides is 1. The number of hydrogen-bond acceptors (Lipinski definition) is 4. The summed E-state index contributed by atoms with van der Waals surface area (Å²) in [5, 5.41) is 3.29. The van der Waals surface area contributed by atoms with Crippen molar-refractivity contribution in [3.63, 3.8) is 0 Å². The number of carbonyl (C=O) groups excluding carboxylic acids is 1. The molecule has 0 aliphatic carbocycles. The maximum atomic E-state index is 12.7. The fourth-order valence-electron chi connectivity index (χ4n) is 2.47. The molecule has 0 bridgehead atoms. The van der Waals surface area contributed by atoms with Gasteiger partial charge in [0, 0.05) is 12.4 Å². The van der Waals surface area contributed by atoms with Gasteiger partial charge in [0.2, 0.25) is 0 Å². The Morgan fingerprint density at radius 1 is 1.33 bits per heavy atom. The van der Waals surface area contributed by atoms with E-state index in [0.29, 0.717) is 46.7 Å². The smallest absolute Gasteiger partial charge is 0.275 e. The number of aromatic nitrogens is 3. The molecule has 0 aromatic carbocycles. The largest absolute Gasteiger partial charge is 0.490 e. The highest BCUT2D eigenvalue weighted by Crippen LogP contribution is 2.23. The van der Waals surface area contributed by atoms with Crippen molar-refractivity contribution in [2.24, 2.45) is 0 Å². The molecule has 1 N–H and O–H groups in total. The average molecular weight is 345 g/mol. The molecule has 24 heavy (non-hydrogen) atoms. The first kappa shape index (κ1) is 16.3. The molecule has 0 aliphatic heterocycles. The van der Waals surface area contributed by atoms with Gasteiger partial charge in [-0.3, -0.25) is 9.20 Å². The minimum Gasteiger partial charge on any atom is -0.490 e. The number of rotatable bonds is 5. The van der Waals surface area contributed by atoms with E-state index in [2.05, 4.69) is 15.3 Å². The van der Waals surface area contributed by atoms with Crippen LogP contribution in [-0.2, 0) is 6.42 Å². The Bertz CT molecular complexity index is 874. The van der Waals surface area contributed by atoms with Gasteiger partial charge in [0.15, 0.2) is 11.4 Å². The number of halogens is 1. The van der Waals surface area contributed by atoms with E-state index in [1.165, 1.54) is 6.20 Å². The fraction of sp³-hybridized carbons (Fsp3) is 0.235. The molecule has 3 heterocycles. The molecule has 124 valence electrons. The number of carbonyl (C=O) groups is 1. The monoisotopic (exact) mass is 344 g/mol. The van der Waals surface area contributed by atoms with Crippen molar-refractivity contribution in [3.8, 4) is 5.75 Å². The predicted molar refractivity (Wildman–Crippen MR) is 92.9 cm³/mol. The van der Waals surface area contributed by atoms with Crippen LogP contribution >= 0.6 is 11.6 Å². The molecule has 0 fully saturated rings. The SMILES string of the molecule is CCOc1cccn2c(C(=O)Nc3ccc(Cl)cn3)c(CC)nc12. The second kappa shape index (κ2) is 6.88. The van der Waals surface area contributed by atoms with Crippen molar-refractivity contribution in [1.82, 2.24) is 14.4 Å². The van der Waals surface area contributed by atoms with Gasteiger partial charge in [-0.15, -0.1) is 0 Å². The first-order chi connectivity index (χ1) is 11.6. The summed E-state index contributed by atoms with van der Waals surface area (Å²) < 4.78 is 7.35. The van der Waals surface area contributed by atoms with Gasteiger partial charge in [-0.1, -0.05) is 18.5 Å². The Kier molecular flexibility index (Phi) is 4.66. The number of anilines is 1. The Balaban J connectivity index is 2.02. The van der Waals surface area contributed by atoms with E-state index < -0.39 is 0 Å². The van der Waals surface area contributed by atoms with E-state index in [-0.39, 0.29) is 5.91 Å². The number of ether oxygens (including phenoxy) is 1. The van der Waals surface area contributed by atoms with Crippen LogP contribution in [0.4, 0.5) is 5.82 Å². The number of imidazole rings is 1. The predicted octanol–water partition coefficient (Wildman–Crippen LogP) is 3.60. The molecule has 7 heteroatoms. The molecule has 0 saturated carbocycles. The summed E-state index contributed by atoms with van der Waals surface area (Å²) in [6.07, 6.45) is 3.91. The molecule has 0 saturated heterocycles. The molecule has 3 aromatic rings. The van der Waals surface area contributed by atoms with Crippen LogP contribution in [0, 0.1) is 0 Å². The van der Waals surface area contributed by atoms with Crippen molar-refractivity contribution in [2.75, 3.05) is 11.9 Å². The van der Waals surface area contributed by atoms with E-state index >= 15 is 0 Å². The number of pyridine rings is 2. The second-order valence-electron chi connectivity index (χ2n) is 5.08. The second-order valence-corrected chi connectivity index (χ2v) is 5.51. The summed E-state index contributed by atoms with van der Waals surface area (Å²) in [6.45, 7) is 4.40. The first-order valence-electron chi connectivity index (χ1n) is 7.69. The molecular formula is C17H17ClN4O2. The van der Waals surface area contributed by atoms with Crippen LogP contribution in [0.15, 0.2) is 36.7 Å². The van der Waals surface area contributed by atoms with Gasteiger partial charge >= 0.3 is 0 Å². The number of aryl methyl sites for hydroxylation is 1. The summed E-state index contributed by atoms with van der Waals surface area (Å²) in [7, 11) is 0. The van der Waals surface area contributed by atoms with E-state index in [9.17, 15) is 4.79 Å². The zero-order chi connectivity index (χ0) is 17.1. The van der Waals surface area contributed by atoms with Gasteiger partial charge in [-0.25, -0.2) is 9.97 Å². The van der Waals surface area contributed by atoms with Crippen molar-refractivity contribution in [2.45, 2.75) is 20.3 Å². The Morgan fingerprint density at radius 3 is 2.83 bits per heavy atom. The Morgan fingerprint density at radius 2 is 2.17 bits per heavy atom. The molecule has 3 rings (SSSR count). The minimum atomic E-state index is -0.275. The van der Waals surface area contributed by atoms with Crippen LogP contribution in [0.3, 0.4) is 0 Å². The number of nitrogens with one attached hydrogen (secondary N) is 1. The van der Waals surface area contributed by atoms with Crippen LogP contribution in [0.25, 0.3) is 5.65 Å². The maximum Gasteiger partial charge on any atom is 0.275 e. The van der Waals surface area contributed by atoms with Crippen molar-refractivity contribution in [3.05, 3.63) is 53.1 Å². The molecule has 0 radical (unpaired) electrons. The highest BCUT2D eigenvalue weighted by molar-refractivity contribution is 6.30. The minimum absolute atomic E-state index is 0.275. The van der Waals surface area contributed by atoms with E-state index in [4.69, 9.17) is 16.3 Å². The standard InChI is InChI=1S/C17H17ClN4O2/c1-3-12-15(17(23)21-14-8-7-11(18)10-19-14)22-9-5-6-13(24-4-2)16(22)20-12/h5-10H,3-4H2,1-2H3,(H,19,21,23). The van der Waals surface area contributed by atoms with Gasteiger partial charge in [0.1, 0.15) is 11.5 Å². The lowest BCUT2D eigenvalue weighted by Crippen LogP contribution is -2.17. The topological polar surface area (TPSA) is 68.5 Å². The van der Waals surface area contributed by atoms with Crippen LogP contribution in [0.1, 0.15) is 30.0 Å². The molecule has 1 amide bonds. The Hall–Kier alpha value is -2.60. The normalized spacial score (nSPS) is 10.8. The highest BCUT2D eigenvalue weighted by atomic mass is 35.5. The van der Waals surface area contributed by atoms with Crippen molar-refractivity contribution < 1.29 is 9.53 Å². The van der Waals surface area contributed by atoms with E-state index in [1.807, 2.05) is 26.0 Å². The number of fused-ring (bicyclic) bond motifs is 1. The maximum absolute atomic E-state index is 12.7. The van der Waals surface area contributed by atoms with Gasteiger partial charge in [0.05, 0.1) is 17.3 Å². The molecule has 6 nitrogen and oxygen atoms in total. The summed E-state index contributed by atoms with van der Waals surface area (Å²) in [4.78, 5) is 21.4. The molecule has 0 spiro atoms. The van der Waals surface area contributed by atoms with Crippen LogP contribution in [-0.4, -0.2) is 26.9 Å². The summed E-state index contributed by atoms with van der Waals surface area (Å²) in [6, 6.07) is 7.00. The van der Waals surface area contributed by atoms with Crippen LogP contribution in [0.2, 0.25) is 5.02 Å². The molecule has 0 unspecified atom stereocenters. The molecule has 0 atom stereocenters. The molecule has 0 aliphatic rings. The third-order valence-corrected chi connectivity index (χ3v) is 3.73. The zero-order valence-electron chi connectivity index (χ0n) is 13.4. The van der Waals surface area contributed by atoms with Gasteiger partial charge in [0.25, 0.3) is 5.91 Å². The number of hydrogen-bond donors (Lipinski definition) is 1. The number of nitrogens with zero attached hydrogens (tertiary/aromatic N) is 3. The van der Waals surface area contributed by atoms with Crippen molar-refractivity contribution in [1.29, 1.82) is 0 Å². The fourth-order valence-corrected chi connectivity index (χ4v) is 2.58. The lowest BCUT2D eigenvalue weighted by atomic mass is 10.2. The van der Waals surface area contributed by atoms with Gasteiger partial charge in [-0.2, -0.15) is 0 Å². The van der Waals surface area contributed by atoms with Gasteiger partial charge < -0.3 is 10.1 Å². The summed E-state index contributed by atoms with van der Waals surface area (Å²) in [5.41, 5.74) is 1.81. The summed E-state index contributed by atoms with van der Waals surface area (Å²) >= 11 is 5.82. The van der Waals surface area contributed by atoms with Gasteiger partial charge in [-0.05, 0) is 37.6 Å². The highest BCUT2D eigenvalue weighted by Gasteiger charge is 2.20. The Labute approximate surface area is 144 Å². The van der Waals surface area contributed by atoms with E-state index in [0.717, 1.165) is 0 Å². The molecular weight excluding hydrogens is 328 g/mol. The lowest BCUT2D eigenvalue weighted by molar-refractivity contribution is 0.102. The zero-order valence-corrected chi connectivity index (χ0v) is 14.2. The average Bonchev–Trinajstić information content (AvgIpc) is 2.97. The quantitative estimate of drug-likeness (QED) is 0.768. The van der Waals surface area contributed by atoms with Crippen molar-refractivity contribution >= 4 is 29.0 Å². The lowest BCUT2D eigenvalue weighted by Gasteiger charge is -2.07. The van der Waals surface area contributed by atoms with Crippen LogP contribution in [0.5, 0.6) is 5.75 Å².